The van der Waals surface area contributed by atoms with Crippen LogP contribution >= 0.6 is 11.6 Å². The van der Waals surface area contributed by atoms with Gasteiger partial charge in [-0.25, -0.2) is 0 Å². The third-order valence-corrected chi connectivity index (χ3v) is 4.75. The first-order valence-electron chi connectivity index (χ1n) is 6.95. The van der Waals surface area contributed by atoms with Crippen LogP contribution in [0.4, 0.5) is 0 Å². The van der Waals surface area contributed by atoms with Crippen LogP contribution in [-0.2, 0) is 11.8 Å². The normalized spacial score (nSPS) is 23.6. The van der Waals surface area contributed by atoms with Crippen LogP contribution in [0.3, 0.4) is 0 Å². The minimum Gasteiger partial charge on any atom is -0.308 e. The third-order valence-electron chi connectivity index (χ3n) is 4.50. The second-order valence-electron chi connectivity index (χ2n) is 5.54. The molecule has 1 aliphatic carbocycles. The van der Waals surface area contributed by atoms with Gasteiger partial charge in [0.1, 0.15) is 0 Å². The quantitative estimate of drug-likeness (QED) is 0.850. The van der Waals surface area contributed by atoms with Crippen molar-refractivity contribution in [1.82, 2.24) is 5.43 Å². The van der Waals surface area contributed by atoms with E-state index in [1.807, 2.05) is 12.1 Å². The Labute approximate surface area is 123 Å². The fourth-order valence-electron chi connectivity index (χ4n) is 3.51. The first-order valence-corrected chi connectivity index (χ1v) is 7.33. The van der Waals surface area contributed by atoms with Crippen molar-refractivity contribution in [2.75, 3.05) is 6.54 Å². The molecule has 2 aromatic carbocycles. The summed E-state index contributed by atoms with van der Waals surface area (Å²) in [5, 5.41) is 5.36. The van der Waals surface area contributed by atoms with Gasteiger partial charge in [-0.2, -0.15) is 5.10 Å². The molecule has 1 spiro atoms. The van der Waals surface area contributed by atoms with Gasteiger partial charge in [-0.1, -0.05) is 48.0 Å². The van der Waals surface area contributed by atoms with E-state index in [2.05, 4.69) is 46.9 Å². The number of hydrazone groups is 1. The summed E-state index contributed by atoms with van der Waals surface area (Å²) in [6.45, 7) is 0.891. The number of halogens is 1. The molecule has 2 aliphatic rings. The van der Waals surface area contributed by atoms with E-state index in [4.69, 9.17) is 11.6 Å². The number of aryl methyl sites for hydroxylation is 1. The molecular weight excluding hydrogens is 268 g/mol. The van der Waals surface area contributed by atoms with E-state index >= 15 is 0 Å². The van der Waals surface area contributed by atoms with Gasteiger partial charge in [-0.05, 0) is 41.7 Å². The van der Waals surface area contributed by atoms with Crippen LogP contribution in [0.2, 0.25) is 5.02 Å². The topological polar surface area (TPSA) is 24.4 Å². The number of fused-ring (bicyclic) bond motifs is 2. The zero-order chi connectivity index (χ0) is 13.6. The number of hydrogen-bond acceptors (Lipinski definition) is 2. The SMILES string of the molecule is Clc1ccc(C2=NNC[C@]23CCc2ccccc23)cc1. The predicted molar refractivity (Wildman–Crippen MR) is 82.4 cm³/mol. The van der Waals surface area contributed by atoms with Gasteiger partial charge in [0, 0.05) is 11.6 Å². The van der Waals surface area contributed by atoms with E-state index in [9.17, 15) is 0 Å². The zero-order valence-electron chi connectivity index (χ0n) is 11.1. The second-order valence-corrected chi connectivity index (χ2v) is 5.98. The largest absolute Gasteiger partial charge is 0.308 e. The highest BCUT2D eigenvalue weighted by atomic mass is 35.5. The minimum absolute atomic E-state index is 0.0322. The summed E-state index contributed by atoms with van der Waals surface area (Å²) < 4.78 is 0. The summed E-state index contributed by atoms with van der Waals surface area (Å²) in [7, 11) is 0. The molecule has 1 atom stereocenters. The van der Waals surface area contributed by atoms with Gasteiger partial charge in [0.05, 0.1) is 11.1 Å². The Morgan fingerprint density at radius 2 is 1.85 bits per heavy atom. The summed E-state index contributed by atoms with van der Waals surface area (Å²) >= 11 is 6.00. The van der Waals surface area contributed by atoms with Crippen molar-refractivity contribution in [1.29, 1.82) is 0 Å². The van der Waals surface area contributed by atoms with Crippen molar-refractivity contribution >= 4 is 17.3 Å². The van der Waals surface area contributed by atoms with Crippen molar-refractivity contribution in [3.8, 4) is 0 Å². The number of benzene rings is 2. The molecular formula is C17H15ClN2. The molecule has 2 aromatic rings. The molecule has 0 aromatic heterocycles. The van der Waals surface area contributed by atoms with Crippen LogP contribution in [0.5, 0.6) is 0 Å². The Hall–Kier alpha value is -1.80. The monoisotopic (exact) mass is 282 g/mol. The first-order chi connectivity index (χ1) is 9.79. The Bertz CT molecular complexity index is 690. The molecule has 0 bridgehead atoms. The second kappa shape index (κ2) is 4.35. The van der Waals surface area contributed by atoms with E-state index in [-0.39, 0.29) is 5.41 Å². The molecule has 0 unspecified atom stereocenters. The van der Waals surface area contributed by atoms with E-state index in [1.165, 1.54) is 11.1 Å². The lowest BCUT2D eigenvalue weighted by molar-refractivity contribution is 0.562. The molecule has 1 N–H and O–H groups in total. The summed E-state index contributed by atoms with van der Waals surface area (Å²) in [5.41, 5.74) is 8.45. The molecule has 0 saturated heterocycles. The summed E-state index contributed by atoms with van der Waals surface area (Å²) in [4.78, 5) is 0. The lowest BCUT2D eigenvalue weighted by atomic mass is 9.75. The van der Waals surface area contributed by atoms with Crippen molar-refractivity contribution < 1.29 is 0 Å². The van der Waals surface area contributed by atoms with Crippen LogP contribution in [0, 0.1) is 0 Å². The molecule has 1 aliphatic heterocycles. The Morgan fingerprint density at radius 3 is 2.70 bits per heavy atom. The van der Waals surface area contributed by atoms with Gasteiger partial charge in [0.15, 0.2) is 0 Å². The van der Waals surface area contributed by atoms with E-state index < -0.39 is 0 Å². The maximum absolute atomic E-state index is 6.00. The highest BCUT2D eigenvalue weighted by Gasteiger charge is 2.46. The van der Waals surface area contributed by atoms with Crippen LogP contribution in [0.1, 0.15) is 23.1 Å². The van der Waals surface area contributed by atoms with Crippen LogP contribution in [-0.4, -0.2) is 12.3 Å². The average Bonchev–Trinajstić information content (AvgIpc) is 3.07. The zero-order valence-corrected chi connectivity index (χ0v) is 11.8. The molecule has 20 heavy (non-hydrogen) atoms. The van der Waals surface area contributed by atoms with Crippen molar-refractivity contribution in [3.05, 3.63) is 70.2 Å². The summed E-state index contributed by atoms with van der Waals surface area (Å²) in [5.74, 6) is 0. The number of nitrogens with one attached hydrogen (secondary N) is 1. The van der Waals surface area contributed by atoms with E-state index in [0.29, 0.717) is 0 Å². The fourth-order valence-corrected chi connectivity index (χ4v) is 3.64. The lowest BCUT2D eigenvalue weighted by Gasteiger charge is -2.26. The Balaban J connectivity index is 1.84. The number of hydrogen-bond donors (Lipinski definition) is 1. The smallest absolute Gasteiger partial charge is 0.0799 e. The molecule has 2 nitrogen and oxygen atoms in total. The molecule has 3 heteroatoms. The maximum Gasteiger partial charge on any atom is 0.0799 e. The highest BCUT2D eigenvalue weighted by molar-refractivity contribution is 6.30. The van der Waals surface area contributed by atoms with Crippen LogP contribution in [0.15, 0.2) is 53.6 Å². The van der Waals surface area contributed by atoms with Crippen molar-refractivity contribution in [2.24, 2.45) is 5.10 Å². The molecule has 1 heterocycles. The lowest BCUT2D eigenvalue weighted by Crippen LogP contribution is -2.35. The fraction of sp³-hybridized carbons (Fsp3) is 0.235. The van der Waals surface area contributed by atoms with Gasteiger partial charge in [-0.3, -0.25) is 0 Å². The first kappa shape index (κ1) is 12.0. The van der Waals surface area contributed by atoms with E-state index in [0.717, 1.165) is 35.7 Å². The molecule has 0 radical (unpaired) electrons. The Kier molecular flexibility index (Phi) is 2.61. The maximum atomic E-state index is 6.00. The molecule has 4 rings (SSSR count). The molecule has 100 valence electrons. The van der Waals surface area contributed by atoms with Crippen LogP contribution < -0.4 is 5.43 Å². The van der Waals surface area contributed by atoms with Gasteiger partial charge < -0.3 is 5.43 Å². The standard InChI is InChI=1S/C17H15ClN2/c18-14-7-5-13(6-8-14)16-17(11-19-20-16)10-9-12-3-1-2-4-15(12)17/h1-8,19H,9-11H2/t17-/m0/s1. The highest BCUT2D eigenvalue weighted by Crippen LogP contribution is 2.43. The molecule has 0 amide bonds. The summed E-state index contributed by atoms with van der Waals surface area (Å²) in [6.07, 6.45) is 2.26. The predicted octanol–water partition coefficient (Wildman–Crippen LogP) is 3.53. The third kappa shape index (κ3) is 1.61. The van der Waals surface area contributed by atoms with Crippen molar-refractivity contribution in [2.45, 2.75) is 18.3 Å². The van der Waals surface area contributed by atoms with Gasteiger partial charge in [0.2, 0.25) is 0 Å². The number of nitrogens with zero attached hydrogens (tertiary/aromatic N) is 1. The number of rotatable bonds is 1. The van der Waals surface area contributed by atoms with E-state index in [1.54, 1.807) is 0 Å². The van der Waals surface area contributed by atoms with Gasteiger partial charge in [0.25, 0.3) is 0 Å². The van der Waals surface area contributed by atoms with Crippen molar-refractivity contribution in [3.63, 3.8) is 0 Å². The van der Waals surface area contributed by atoms with Gasteiger partial charge in [-0.15, -0.1) is 0 Å². The minimum atomic E-state index is 0.0322. The Morgan fingerprint density at radius 1 is 1.05 bits per heavy atom. The summed E-state index contributed by atoms with van der Waals surface area (Å²) in [6, 6.07) is 16.7. The van der Waals surface area contributed by atoms with Gasteiger partial charge >= 0.3 is 0 Å². The average molecular weight is 283 g/mol. The van der Waals surface area contributed by atoms with Crippen LogP contribution in [0.25, 0.3) is 0 Å². The molecule has 0 fully saturated rings. The molecule has 0 saturated carbocycles.